The van der Waals surface area contributed by atoms with Gasteiger partial charge in [0.25, 0.3) is 0 Å². The van der Waals surface area contributed by atoms with E-state index < -0.39 is 5.79 Å². The van der Waals surface area contributed by atoms with Gasteiger partial charge in [0.05, 0.1) is 19.1 Å². The largest absolute Gasteiger partial charge is 0.396 e. The van der Waals surface area contributed by atoms with Crippen LogP contribution in [0.4, 0.5) is 0 Å². The molecule has 4 heteroatoms. The van der Waals surface area contributed by atoms with Gasteiger partial charge >= 0.3 is 0 Å². The van der Waals surface area contributed by atoms with E-state index in [1.807, 2.05) is 0 Å². The van der Waals surface area contributed by atoms with Crippen LogP contribution in [0, 0.1) is 0 Å². The maximum absolute atomic E-state index is 8.60. The molecule has 0 amide bonds. The lowest BCUT2D eigenvalue weighted by Crippen LogP contribution is -2.33. The molecule has 1 N–H and O–H groups in total. The highest BCUT2D eigenvalue weighted by atomic mass is 35.5. The van der Waals surface area contributed by atoms with E-state index in [2.05, 4.69) is 0 Å². The Morgan fingerprint density at radius 1 is 1.40 bits per heavy atom. The molecular formula is C6H11ClO3. The van der Waals surface area contributed by atoms with Gasteiger partial charge in [-0.1, -0.05) is 0 Å². The first kappa shape index (κ1) is 8.27. The van der Waals surface area contributed by atoms with Crippen LogP contribution in [0.2, 0.25) is 0 Å². The topological polar surface area (TPSA) is 38.7 Å². The summed E-state index contributed by atoms with van der Waals surface area (Å²) in [7, 11) is 0. The number of hydrogen-bond donors (Lipinski definition) is 1. The first-order valence-electron chi connectivity index (χ1n) is 3.28. The van der Waals surface area contributed by atoms with Gasteiger partial charge in [-0.3, -0.25) is 0 Å². The molecule has 0 aromatic heterocycles. The van der Waals surface area contributed by atoms with Crippen LogP contribution >= 0.6 is 11.6 Å². The number of aliphatic hydroxyl groups is 1. The van der Waals surface area contributed by atoms with Gasteiger partial charge in [0.15, 0.2) is 5.79 Å². The fourth-order valence-corrected chi connectivity index (χ4v) is 1.24. The summed E-state index contributed by atoms with van der Waals surface area (Å²) < 4.78 is 10.4. The number of halogens is 1. The number of hydrogen-bond acceptors (Lipinski definition) is 3. The molecule has 1 heterocycles. The zero-order chi connectivity index (χ0) is 7.45. The number of aliphatic hydroxyl groups excluding tert-OH is 1. The summed E-state index contributed by atoms with van der Waals surface area (Å²) in [5.41, 5.74) is 0. The molecule has 0 radical (unpaired) electrons. The van der Waals surface area contributed by atoms with Gasteiger partial charge in [-0.05, 0) is 0 Å². The Hall–Kier alpha value is 0.170. The second kappa shape index (κ2) is 3.53. The van der Waals surface area contributed by atoms with Crippen molar-refractivity contribution in [2.75, 3.05) is 25.7 Å². The predicted molar refractivity (Wildman–Crippen MR) is 37.1 cm³/mol. The summed E-state index contributed by atoms with van der Waals surface area (Å²) in [5, 5.41) is 8.60. The molecule has 1 rings (SSSR count). The lowest BCUT2D eigenvalue weighted by Gasteiger charge is -2.23. The molecule has 0 aliphatic carbocycles. The van der Waals surface area contributed by atoms with Crippen molar-refractivity contribution < 1.29 is 14.6 Å². The molecule has 0 spiro atoms. The standard InChI is InChI=1S/C6H11ClO3/c7-5-6(1-2-8)9-3-4-10-6/h8H,1-5H2. The van der Waals surface area contributed by atoms with Crippen LogP contribution in [-0.4, -0.2) is 36.6 Å². The molecule has 1 aliphatic heterocycles. The van der Waals surface area contributed by atoms with E-state index in [0.717, 1.165) is 0 Å². The van der Waals surface area contributed by atoms with E-state index in [0.29, 0.717) is 19.6 Å². The molecule has 0 aromatic carbocycles. The lowest BCUT2D eigenvalue weighted by atomic mass is 10.2. The number of rotatable bonds is 3. The Morgan fingerprint density at radius 3 is 2.40 bits per heavy atom. The van der Waals surface area contributed by atoms with E-state index in [-0.39, 0.29) is 12.5 Å². The molecule has 60 valence electrons. The molecule has 0 atom stereocenters. The van der Waals surface area contributed by atoms with E-state index in [9.17, 15) is 0 Å². The highest BCUT2D eigenvalue weighted by Crippen LogP contribution is 2.24. The van der Waals surface area contributed by atoms with Gasteiger partial charge in [0.1, 0.15) is 0 Å². The molecule has 1 fully saturated rings. The van der Waals surface area contributed by atoms with Crippen molar-refractivity contribution in [3.8, 4) is 0 Å². The van der Waals surface area contributed by atoms with Crippen molar-refractivity contribution in [2.24, 2.45) is 0 Å². The average Bonchev–Trinajstić information content (AvgIpc) is 2.39. The quantitative estimate of drug-likeness (QED) is 0.615. The van der Waals surface area contributed by atoms with E-state index in [1.165, 1.54) is 0 Å². The van der Waals surface area contributed by atoms with Crippen LogP contribution in [0.15, 0.2) is 0 Å². The smallest absolute Gasteiger partial charge is 0.184 e. The summed E-state index contributed by atoms with van der Waals surface area (Å²) in [6.07, 6.45) is 0.455. The van der Waals surface area contributed by atoms with Crippen molar-refractivity contribution in [2.45, 2.75) is 12.2 Å². The summed E-state index contributed by atoms with van der Waals surface area (Å²) in [5.74, 6) is -0.413. The van der Waals surface area contributed by atoms with Crippen LogP contribution in [0.25, 0.3) is 0 Å². The van der Waals surface area contributed by atoms with Crippen molar-refractivity contribution >= 4 is 11.6 Å². The Balaban J connectivity index is 2.41. The summed E-state index contributed by atoms with van der Waals surface area (Å²) >= 11 is 5.58. The highest BCUT2D eigenvalue weighted by Gasteiger charge is 2.34. The summed E-state index contributed by atoms with van der Waals surface area (Å²) in [4.78, 5) is 0. The lowest BCUT2D eigenvalue weighted by molar-refractivity contribution is -0.148. The zero-order valence-electron chi connectivity index (χ0n) is 5.68. The Kier molecular flexibility index (Phi) is 2.92. The second-order valence-corrected chi connectivity index (χ2v) is 2.48. The van der Waals surface area contributed by atoms with Crippen LogP contribution < -0.4 is 0 Å². The Labute approximate surface area is 64.9 Å². The summed E-state index contributed by atoms with van der Waals surface area (Å²) in [6, 6.07) is 0. The van der Waals surface area contributed by atoms with E-state index in [4.69, 9.17) is 26.2 Å². The van der Waals surface area contributed by atoms with Crippen LogP contribution in [0.3, 0.4) is 0 Å². The number of ether oxygens (including phenoxy) is 2. The van der Waals surface area contributed by atoms with Gasteiger partial charge in [0.2, 0.25) is 0 Å². The zero-order valence-corrected chi connectivity index (χ0v) is 6.43. The fourth-order valence-electron chi connectivity index (χ4n) is 0.956. The SMILES string of the molecule is OCCC1(CCl)OCCO1. The molecule has 0 unspecified atom stereocenters. The van der Waals surface area contributed by atoms with Gasteiger partial charge in [-0.15, -0.1) is 11.6 Å². The molecule has 3 nitrogen and oxygen atoms in total. The van der Waals surface area contributed by atoms with Crippen molar-refractivity contribution in [3.05, 3.63) is 0 Å². The van der Waals surface area contributed by atoms with Gasteiger partial charge in [0, 0.05) is 13.0 Å². The molecule has 1 aliphatic rings. The maximum atomic E-state index is 8.60. The minimum absolute atomic E-state index is 0.0483. The second-order valence-electron chi connectivity index (χ2n) is 2.21. The van der Waals surface area contributed by atoms with Crippen molar-refractivity contribution in [1.29, 1.82) is 0 Å². The molecule has 0 bridgehead atoms. The van der Waals surface area contributed by atoms with E-state index in [1.54, 1.807) is 0 Å². The monoisotopic (exact) mass is 166 g/mol. The average molecular weight is 167 g/mol. The molecule has 10 heavy (non-hydrogen) atoms. The first-order chi connectivity index (χ1) is 4.83. The van der Waals surface area contributed by atoms with E-state index >= 15 is 0 Å². The van der Waals surface area contributed by atoms with Crippen molar-refractivity contribution in [3.63, 3.8) is 0 Å². The van der Waals surface area contributed by atoms with Gasteiger partial charge < -0.3 is 14.6 Å². The molecular weight excluding hydrogens is 156 g/mol. The molecule has 0 aromatic rings. The minimum atomic E-state index is -0.698. The fraction of sp³-hybridized carbons (Fsp3) is 1.00. The van der Waals surface area contributed by atoms with Gasteiger partial charge in [-0.2, -0.15) is 0 Å². The van der Waals surface area contributed by atoms with Crippen LogP contribution in [0.5, 0.6) is 0 Å². The Morgan fingerprint density at radius 2 is 2.00 bits per heavy atom. The third-order valence-electron chi connectivity index (χ3n) is 1.51. The third-order valence-corrected chi connectivity index (χ3v) is 1.92. The predicted octanol–water partition coefficient (Wildman–Crippen LogP) is 0.351. The Bertz CT molecular complexity index is 101. The normalized spacial score (nSPS) is 23.4. The van der Waals surface area contributed by atoms with Crippen LogP contribution in [-0.2, 0) is 9.47 Å². The highest BCUT2D eigenvalue weighted by molar-refractivity contribution is 6.18. The molecule has 1 saturated heterocycles. The van der Waals surface area contributed by atoms with Gasteiger partial charge in [-0.25, -0.2) is 0 Å². The minimum Gasteiger partial charge on any atom is -0.396 e. The third kappa shape index (κ3) is 1.61. The summed E-state index contributed by atoms with van der Waals surface area (Å²) in [6.45, 7) is 1.20. The van der Waals surface area contributed by atoms with Crippen molar-refractivity contribution in [1.82, 2.24) is 0 Å². The first-order valence-corrected chi connectivity index (χ1v) is 3.81. The molecule has 0 saturated carbocycles. The van der Waals surface area contributed by atoms with Crippen LogP contribution in [0.1, 0.15) is 6.42 Å². The number of alkyl halides is 1. The maximum Gasteiger partial charge on any atom is 0.184 e.